The fourth-order valence-corrected chi connectivity index (χ4v) is 10.3. The molecule has 0 saturated carbocycles. The summed E-state index contributed by atoms with van der Waals surface area (Å²) in [6.45, 7) is 9.19. The van der Waals surface area contributed by atoms with E-state index in [-0.39, 0.29) is 43.4 Å². The van der Waals surface area contributed by atoms with E-state index >= 15 is 0 Å². The first-order chi connectivity index (χ1) is 28.2. The smallest absolute Gasteiger partial charge is 0.261 e. The van der Waals surface area contributed by atoms with E-state index in [1.54, 1.807) is 26.4 Å². The zero-order chi connectivity index (χ0) is 41.2. The zero-order valence-electron chi connectivity index (χ0n) is 35.4. The highest BCUT2D eigenvalue weighted by molar-refractivity contribution is 6.43. The van der Waals surface area contributed by atoms with Crippen molar-refractivity contribution in [3.05, 3.63) is 53.1 Å². The van der Waals surface area contributed by atoms with Crippen LogP contribution >= 0.6 is 0 Å². The Morgan fingerprint density at radius 1 is 0.500 bits per heavy atom. The second-order valence-electron chi connectivity index (χ2n) is 16.9. The number of unbranched alkanes of at least 4 members (excludes halogenated alkanes) is 4. The molecule has 2 N–H and O–H groups in total. The number of methoxy groups -OCH3 is 2. The van der Waals surface area contributed by atoms with Crippen LogP contribution in [0.5, 0.6) is 11.5 Å². The Bertz CT molecular complexity index is 2220. The van der Waals surface area contributed by atoms with E-state index in [2.05, 4.69) is 27.7 Å². The lowest BCUT2D eigenvalue weighted by atomic mass is 9.81. The molecule has 58 heavy (non-hydrogen) atoms. The number of aliphatic hydroxyl groups is 2. The third-order valence-electron chi connectivity index (χ3n) is 13.5. The van der Waals surface area contributed by atoms with Crippen LogP contribution in [0.4, 0.5) is 5.69 Å². The van der Waals surface area contributed by atoms with Crippen molar-refractivity contribution in [1.82, 2.24) is 4.90 Å². The molecule has 9 nitrogen and oxygen atoms in total. The SMILES string of the molecule is CCCCC(CCCC)C(CO)CN1C(=O)c2cc(OC)c3c4ccc5c6c(ccc(c7c(OC)cc(c2c37)C1=O)c64)N(CC(CO)C(CCCC)CCCC)C5=O. The van der Waals surface area contributed by atoms with Gasteiger partial charge in [0.2, 0.25) is 0 Å². The maximum atomic E-state index is 14.6. The Balaban J connectivity index is 1.39. The average molecular weight is 791 g/mol. The van der Waals surface area contributed by atoms with E-state index in [9.17, 15) is 24.6 Å². The highest BCUT2D eigenvalue weighted by Crippen LogP contribution is 2.53. The van der Waals surface area contributed by atoms with Crippen molar-refractivity contribution in [1.29, 1.82) is 0 Å². The molecule has 7 rings (SSSR count). The molecule has 0 spiro atoms. The number of ether oxygens (including phenoxy) is 2. The molecule has 0 aliphatic carbocycles. The molecular weight excluding hydrogens is 729 g/mol. The number of anilines is 1. The van der Waals surface area contributed by atoms with Gasteiger partial charge in [-0.2, -0.15) is 0 Å². The fourth-order valence-electron chi connectivity index (χ4n) is 10.3. The average Bonchev–Trinajstić information content (AvgIpc) is 3.52. The maximum Gasteiger partial charge on any atom is 0.261 e. The molecule has 5 aromatic rings. The van der Waals surface area contributed by atoms with Crippen LogP contribution in [0.3, 0.4) is 0 Å². The lowest BCUT2D eigenvalue weighted by molar-refractivity contribution is 0.0513. The fraction of sp³-hybridized carbons (Fsp3) is 0.531. The molecule has 3 amide bonds. The molecule has 310 valence electrons. The van der Waals surface area contributed by atoms with Gasteiger partial charge in [-0.25, -0.2) is 0 Å². The molecule has 2 unspecified atom stereocenters. The van der Waals surface area contributed by atoms with E-state index < -0.39 is 11.8 Å². The quantitative estimate of drug-likeness (QED) is 0.0407. The predicted molar refractivity (Wildman–Crippen MR) is 234 cm³/mol. The number of hydrogen-bond acceptors (Lipinski definition) is 7. The number of imide groups is 1. The van der Waals surface area contributed by atoms with E-state index in [0.717, 1.165) is 120 Å². The van der Waals surface area contributed by atoms with Gasteiger partial charge in [0.25, 0.3) is 17.7 Å². The van der Waals surface area contributed by atoms with Gasteiger partial charge in [-0.15, -0.1) is 0 Å². The summed E-state index contributed by atoms with van der Waals surface area (Å²) in [5.74, 6) is 0.379. The minimum absolute atomic E-state index is 0.0208. The van der Waals surface area contributed by atoms with E-state index in [1.165, 1.54) is 4.90 Å². The Morgan fingerprint density at radius 2 is 0.931 bits per heavy atom. The molecule has 2 aliphatic heterocycles. The van der Waals surface area contributed by atoms with Gasteiger partial charge in [-0.1, -0.05) is 117 Å². The number of nitrogens with zero attached hydrogens (tertiary/aromatic N) is 2. The number of benzene rings is 5. The number of aliphatic hydroxyl groups excluding tert-OH is 2. The lowest BCUT2D eigenvalue weighted by Crippen LogP contribution is -2.45. The third kappa shape index (κ3) is 6.96. The largest absolute Gasteiger partial charge is 0.496 e. The Labute approximate surface area is 343 Å². The second kappa shape index (κ2) is 17.8. The number of fused-ring (bicyclic) bond motifs is 2. The molecule has 5 aromatic carbocycles. The summed E-state index contributed by atoms with van der Waals surface area (Å²) in [5.41, 5.74) is 2.22. The molecule has 0 radical (unpaired) electrons. The molecule has 0 bridgehead atoms. The van der Waals surface area contributed by atoms with E-state index in [4.69, 9.17) is 9.47 Å². The molecular formula is C49H62N2O7. The van der Waals surface area contributed by atoms with Crippen LogP contribution in [0.25, 0.3) is 43.1 Å². The standard InChI is InChI=1S/C49H62N2O7/c1-7-11-15-29(16-12-8-2)31(27-52)25-50-38-22-21-34-41-33(19-20-35(43(38)41)47(50)54)44-39(57-5)23-36-42-37(24-40(58-6)45(34)46(42)44)49(56)51(48(36)55)26-32(28-53)30(17-13-9-3)18-14-10-4/h19-24,29-32,52-53H,7-18,25-28H2,1-6H3. The van der Waals surface area contributed by atoms with Crippen LogP contribution in [0, 0.1) is 23.7 Å². The number of carbonyl (C=O) groups is 3. The Kier molecular flexibility index (Phi) is 12.8. The van der Waals surface area contributed by atoms with Gasteiger partial charge in [0, 0.05) is 76.0 Å². The van der Waals surface area contributed by atoms with Crippen LogP contribution in [0.1, 0.15) is 136 Å². The van der Waals surface area contributed by atoms with Gasteiger partial charge in [0.05, 0.1) is 31.0 Å². The molecule has 2 atom stereocenters. The Hall–Kier alpha value is -4.47. The lowest BCUT2D eigenvalue weighted by Gasteiger charge is -2.34. The topological polar surface area (TPSA) is 117 Å². The zero-order valence-corrected chi connectivity index (χ0v) is 35.4. The van der Waals surface area contributed by atoms with Crippen LogP contribution < -0.4 is 14.4 Å². The first kappa shape index (κ1) is 41.7. The van der Waals surface area contributed by atoms with Crippen molar-refractivity contribution >= 4 is 66.5 Å². The van der Waals surface area contributed by atoms with Crippen LogP contribution in [0.2, 0.25) is 0 Å². The van der Waals surface area contributed by atoms with Gasteiger partial charge in [-0.05, 0) is 46.9 Å². The summed E-state index contributed by atoms with van der Waals surface area (Å²) in [5, 5.41) is 27.7. The predicted octanol–water partition coefficient (Wildman–Crippen LogP) is 10.5. The van der Waals surface area contributed by atoms with E-state index in [0.29, 0.717) is 46.0 Å². The summed E-state index contributed by atoms with van der Waals surface area (Å²) >= 11 is 0. The van der Waals surface area contributed by atoms with Gasteiger partial charge in [0.15, 0.2) is 0 Å². The summed E-state index contributed by atoms with van der Waals surface area (Å²) < 4.78 is 12.3. The minimum atomic E-state index is -0.392. The van der Waals surface area contributed by atoms with Crippen molar-refractivity contribution in [3.63, 3.8) is 0 Å². The number of rotatable bonds is 22. The minimum Gasteiger partial charge on any atom is -0.496 e. The van der Waals surface area contributed by atoms with E-state index in [1.807, 2.05) is 29.2 Å². The normalized spacial score (nSPS) is 15.2. The third-order valence-corrected chi connectivity index (χ3v) is 13.5. The van der Waals surface area contributed by atoms with Crippen molar-refractivity contribution in [3.8, 4) is 11.5 Å². The van der Waals surface area contributed by atoms with Gasteiger partial charge in [0.1, 0.15) is 11.5 Å². The second-order valence-corrected chi connectivity index (χ2v) is 16.9. The maximum absolute atomic E-state index is 14.6. The van der Waals surface area contributed by atoms with Crippen molar-refractivity contribution in [2.24, 2.45) is 23.7 Å². The summed E-state index contributed by atoms with van der Waals surface area (Å²) in [6, 6.07) is 11.4. The van der Waals surface area contributed by atoms with Gasteiger partial charge in [-0.3, -0.25) is 19.3 Å². The van der Waals surface area contributed by atoms with Crippen LogP contribution in [-0.4, -0.2) is 73.4 Å². The van der Waals surface area contributed by atoms with Crippen LogP contribution in [0.15, 0.2) is 36.4 Å². The highest BCUT2D eigenvalue weighted by Gasteiger charge is 2.40. The summed E-state index contributed by atoms with van der Waals surface area (Å²) in [4.78, 5) is 46.8. The molecule has 2 heterocycles. The molecule has 9 heteroatoms. The van der Waals surface area contributed by atoms with Crippen molar-refractivity contribution in [2.45, 2.75) is 105 Å². The van der Waals surface area contributed by atoms with Crippen molar-refractivity contribution in [2.75, 3.05) is 45.4 Å². The Morgan fingerprint density at radius 3 is 1.36 bits per heavy atom. The molecule has 0 aromatic heterocycles. The van der Waals surface area contributed by atoms with Crippen LogP contribution in [-0.2, 0) is 0 Å². The first-order valence-corrected chi connectivity index (χ1v) is 22.0. The van der Waals surface area contributed by atoms with Crippen molar-refractivity contribution < 1.29 is 34.1 Å². The van der Waals surface area contributed by atoms with Gasteiger partial charge < -0.3 is 24.6 Å². The molecule has 0 saturated heterocycles. The highest BCUT2D eigenvalue weighted by atomic mass is 16.5. The molecule has 2 aliphatic rings. The summed E-state index contributed by atoms with van der Waals surface area (Å²) in [7, 11) is 3.19. The summed E-state index contributed by atoms with van der Waals surface area (Å²) in [6.07, 6.45) is 12.4. The number of hydrogen-bond donors (Lipinski definition) is 2. The number of amides is 3. The first-order valence-electron chi connectivity index (χ1n) is 22.0. The van der Waals surface area contributed by atoms with Gasteiger partial charge >= 0.3 is 0 Å². The molecule has 0 fully saturated rings. The number of carbonyl (C=O) groups excluding carboxylic acids is 3. The monoisotopic (exact) mass is 790 g/mol.